The molecule has 1 aliphatic rings. The summed E-state index contributed by atoms with van der Waals surface area (Å²) in [5.74, 6) is 0.233. The van der Waals surface area contributed by atoms with Gasteiger partial charge in [-0.05, 0) is 43.4 Å². The Kier molecular flexibility index (Phi) is 6.04. The number of sulfonamides is 1. The van der Waals surface area contributed by atoms with E-state index in [1.54, 1.807) is 30.1 Å². The number of hydrogen-bond donors (Lipinski definition) is 0. The van der Waals surface area contributed by atoms with Gasteiger partial charge in [0, 0.05) is 32.2 Å². The Morgan fingerprint density at radius 2 is 1.83 bits per heavy atom. The highest BCUT2D eigenvalue weighted by Crippen LogP contribution is 2.23. The Bertz CT molecular complexity index is 692. The number of aryl methyl sites for hydroxylation is 1. The molecule has 6 heteroatoms. The zero-order valence-corrected chi connectivity index (χ0v) is 15.9. The van der Waals surface area contributed by atoms with Crippen LogP contribution in [0.3, 0.4) is 0 Å². The lowest BCUT2D eigenvalue weighted by molar-refractivity contribution is 0.0778. The highest BCUT2D eigenvalue weighted by atomic mass is 32.2. The highest BCUT2D eigenvalue weighted by Gasteiger charge is 2.27. The fourth-order valence-corrected chi connectivity index (χ4v) is 4.63. The average Bonchev–Trinajstić information content (AvgIpc) is 2.54. The third-order valence-electron chi connectivity index (χ3n) is 4.38. The van der Waals surface area contributed by atoms with E-state index < -0.39 is 10.0 Å². The van der Waals surface area contributed by atoms with Crippen LogP contribution < -0.4 is 0 Å². The Balaban J connectivity index is 2.32. The second-order valence-electron chi connectivity index (χ2n) is 7.02. The van der Waals surface area contributed by atoms with Crippen LogP contribution >= 0.6 is 0 Å². The van der Waals surface area contributed by atoms with Crippen molar-refractivity contribution in [3.63, 3.8) is 0 Å². The predicted molar refractivity (Wildman–Crippen MR) is 95.6 cm³/mol. The predicted octanol–water partition coefficient (Wildman–Crippen LogP) is 2.90. The average molecular weight is 353 g/mol. The van der Waals surface area contributed by atoms with E-state index in [0.717, 1.165) is 24.8 Å². The van der Waals surface area contributed by atoms with Crippen LogP contribution in [0, 0.1) is 12.8 Å². The largest absolute Gasteiger partial charge is 0.341 e. The zero-order chi connectivity index (χ0) is 17.9. The van der Waals surface area contributed by atoms with Crippen molar-refractivity contribution in [1.82, 2.24) is 9.21 Å². The van der Waals surface area contributed by atoms with Crippen molar-refractivity contribution >= 4 is 15.9 Å². The molecule has 0 bridgehead atoms. The molecule has 0 N–H and O–H groups in total. The van der Waals surface area contributed by atoms with E-state index in [-0.39, 0.29) is 10.8 Å². The molecule has 0 saturated carbocycles. The lowest BCUT2D eigenvalue weighted by atomic mass is 10.1. The van der Waals surface area contributed by atoms with Crippen LogP contribution in [0.5, 0.6) is 0 Å². The van der Waals surface area contributed by atoms with Crippen LogP contribution in [-0.4, -0.2) is 50.2 Å². The van der Waals surface area contributed by atoms with E-state index in [1.165, 1.54) is 4.31 Å². The van der Waals surface area contributed by atoms with Crippen LogP contribution in [0.1, 0.15) is 49.0 Å². The van der Waals surface area contributed by atoms with E-state index in [0.29, 0.717) is 31.1 Å². The van der Waals surface area contributed by atoms with Crippen molar-refractivity contribution in [2.24, 2.45) is 5.92 Å². The number of nitrogens with zero attached hydrogens (tertiary/aromatic N) is 2. The van der Waals surface area contributed by atoms with Crippen molar-refractivity contribution < 1.29 is 13.2 Å². The van der Waals surface area contributed by atoms with Gasteiger partial charge in [-0.15, -0.1) is 0 Å². The summed E-state index contributed by atoms with van der Waals surface area (Å²) in [5, 5.41) is 0. The Morgan fingerprint density at radius 1 is 1.21 bits per heavy atom. The number of rotatable bonds is 5. The maximum Gasteiger partial charge on any atom is 0.253 e. The summed E-state index contributed by atoms with van der Waals surface area (Å²) in [4.78, 5) is 14.5. The Labute approximate surface area is 145 Å². The number of amides is 1. The molecule has 1 fully saturated rings. The molecule has 0 spiro atoms. The molecule has 5 nitrogen and oxygen atoms in total. The van der Waals surface area contributed by atoms with Gasteiger partial charge in [0.05, 0.1) is 4.90 Å². The molecule has 0 atom stereocenters. The molecular formula is C18H28N2O3S. The van der Waals surface area contributed by atoms with Gasteiger partial charge < -0.3 is 4.90 Å². The lowest BCUT2D eigenvalue weighted by Crippen LogP contribution is -2.36. The fourth-order valence-electron chi connectivity index (χ4n) is 3.08. The lowest BCUT2D eigenvalue weighted by Gasteiger charge is -2.26. The molecule has 1 heterocycles. The van der Waals surface area contributed by atoms with Crippen molar-refractivity contribution in [2.75, 3.05) is 26.7 Å². The first-order valence-electron chi connectivity index (χ1n) is 8.59. The van der Waals surface area contributed by atoms with Crippen molar-refractivity contribution in [3.05, 3.63) is 29.3 Å². The second-order valence-corrected chi connectivity index (χ2v) is 8.96. The molecule has 0 radical (unpaired) electrons. The third-order valence-corrected chi connectivity index (χ3v) is 6.27. The molecule has 0 aliphatic carbocycles. The zero-order valence-electron chi connectivity index (χ0n) is 15.1. The van der Waals surface area contributed by atoms with Crippen LogP contribution in [0.2, 0.25) is 0 Å². The second kappa shape index (κ2) is 7.66. The molecule has 24 heavy (non-hydrogen) atoms. The van der Waals surface area contributed by atoms with Gasteiger partial charge >= 0.3 is 0 Å². The summed E-state index contributed by atoms with van der Waals surface area (Å²) in [6.07, 6.45) is 2.87. The maximum absolute atomic E-state index is 12.8. The normalized spacial score (nSPS) is 16.4. The number of hydrogen-bond acceptors (Lipinski definition) is 3. The third kappa shape index (κ3) is 4.16. The van der Waals surface area contributed by atoms with Crippen LogP contribution in [0.15, 0.2) is 23.1 Å². The molecule has 1 aromatic rings. The number of benzene rings is 1. The van der Waals surface area contributed by atoms with Gasteiger partial charge in [-0.25, -0.2) is 8.42 Å². The summed E-state index contributed by atoms with van der Waals surface area (Å²) in [5.41, 5.74) is 1.27. The standard InChI is InChI=1S/C18H28N2O3S/c1-14(2)13-19(4)18(21)17-12-16(9-8-15(17)3)24(22,23)20-10-6-5-7-11-20/h8-9,12,14H,5-7,10-11,13H2,1-4H3. The molecule has 1 saturated heterocycles. The fraction of sp³-hybridized carbons (Fsp3) is 0.611. The van der Waals surface area contributed by atoms with Gasteiger partial charge in [0.2, 0.25) is 10.0 Å². The highest BCUT2D eigenvalue weighted by molar-refractivity contribution is 7.89. The van der Waals surface area contributed by atoms with E-state index in [4.69, 9.17) is 0 Å². The molecule has 134 valence electrons. The van der Waals surface area contributed by atoms with Crippen LogP contribution in [0.25, 0.3) is 0 Å². The molecule has 0 aromatic heterocycles. The molecule has 1 aromatic carbocycles. The minimum absolute atomic E-state index is 0.128. The molecule has 1 aliphatic heterocycles. The Morgan fingerprint density at radius 3 is 2.42 bits per heavy atom. The molecule has 1 amide bonds. The summed E-state index contributed by atoms with van der Waals surface area (Å²) in [6, 6.07) is 4.88. The Hall–Kier alpha value is -1.40. The van der Waals surface area contributed by atoms with E-state index >= 15 is 0 Å². The van der Waals surface area contributed by atoms with E-state index in [9.17, 15) is 13.2 Å². The van der Waals surface area contributed by atoms with Gasteiger partial charge in [0.15, 0.2) is 0 Å². The summed E-state index contributed by atoms with van der Waals surface area (Å²) >= 11 is 0. The summed E-state index contributed by atoms with van der Waals surface area (Å²) in [7, 11) is -1.76. The SMILES string of the molecule is Cc1ccc(S(=O)(=O)N2CCCCC2)cc1C(=O)N(C)CC(C)C. The minimum atomic E-state index is -3.52. The van der Waals surface area contributed by atoms with E-state index in [2.05, 4.69) is 0 Å². The van der Waals surface area contributed by atoms with Gasteiger partial charge in [-0.2, -0.15) is 4.31 Å². The first-order valence-corrected chi connectivity index (χ1v) is 10.0. The van der Waals surface area contributed by atoms with Gasteiger partial charge in [-0.3, -0.25) is 4.79 Å². The monoisotopic (exact) mass is 352 g/mol. The first kappa shape index (κ1) is 18.9. The molecule has 2 rings (SSSR count). The first-order chi connectivity index (χ1) is 11.2. The smallest absolute Gasteiger partial charge is 0.253 e. The van der Waals surface area contributed by atoms with Crippen molar-refractivity contribution in [2.45, 2.75) is 44.9 Å². The minimum Gasteiger partial charge on any atom is -0.341 e. The number of carbonyl (C=O) groups is 1. The van der Waals surface area contributed by atoms with Gasteiger partial charge in [-0.1, -0.05) is 26.3 Å². The number of carbonyl (C=O) groups excluding carboxylic acids is 1. The van der Waals surface area contributed by atoms with Crippen molar-refractivity contribution in [3.8, 4) is 0 Å². The number of piperidine rings is 1. The van der Waals surface area contributed by atoms with Crippen LogP contribution in [0.4, 0.5) is 0 Å². The van der Waals surface area contributed by atoms with Gasteiger partial charge in [0.25, 0.3) is 5.91 Å². The summed E-state index contributed by atoms with van der Waals surface area (Å²) in [6.45, 7) is 7.70. The molecule has 0 unspecified atom stereocenters. The topological polar surface area (TPSA) is 57.7 Å². The summed E-state index contributed by atoms with van der Waals surface area (Å²) < 4.78 is 27.2. The van der Waals surface area contributed by atoms with E-state index in [1.807, 2.05) is 20.8 Å². The quantitative estimate of drug-likeness (QED) is 0.819. The van der Waals surface area contributed by atoms with Gasteiger partial charge in [0.1, 0.15) is 0 Å². The maximum atomic E-state index is 12.8. The van der Waals surface area contributed by atoms with Crippen molar-refractivity contribution in [1.29, 1.82) is 0 Å². The molecular weight excluding hydrogens is 324 g/mol. The van der Waals surface area contributed by atoms with Crippen LogP contribution in [-0.2, 0) is 10.0 Å².